The molecule has 5 nitrogen and oxygen atoms in total. The summed E-state index contributed by atoms with van der Waals surface area (Å²) in [7, 11) is 0. The van der Waals surface area contributed by atoms with Crippen molar-refractivity contribution in [3.8, 4) is 0 Å². The number of aliphatic carboxylic acids is 2. The zero-order valence-electron chi connectivity index (χ0n) is 10.2. The largest absolute Gasteiger partial charge is 0.481 e. The van der Waals surface area contributed by atoms with Crippen LogP contribution < -0.4 is 5.73 Å². The molecule has 98 valence electrons. The number of carboxylic acids is 2. The second-order valence-electron chi connectivity index (χ2n) is 4.41. The Morgan fingerprint density at radius 1 is 1.17 bits per heavy atom. The van der Waals surface area contributed by atoms with Crippen LogP contribution in [-0.4, -0.2) is 28.2 Å². The lowest BCUT2D eigenvalue weighted by molar-refractivity contribution is -0.143. The molecule has 1 aromatic rings. The minimum atomic E-state index is -1.18. The molecule has 1 aromatic carbocycles. The molecule has 0 aliphatic rings. The van der Waals surface area contributed by atoms with Crippen LogP contribution in [0.1, 0.15) is 17.5 Å². The summed E-state index contributed by atoms with van der Waals surface area (Å²) in [5, 5.41) is 17.8. The van der Waals surface area contributed by atoms with Crippen LogP contribution >= 0.6 is 0 Å². The molecule has 0 saturated carbocycles. The molecule has 0 aliphatic heterocycles. The number of hydrogen-bond acceptors (Lipinski definition) is 3. The third-order valence-corrected chi connectivity index (χ3v) is 2.81. The summed E-state index contributed by atoms with van der Waals surface area (Å²) in [5.41, 5.74) is 7.33. The van der Waals surface area contributed by atoms with E-state index in [0.717, 1.165) is 11.1 Å². The second kappa shape index (κ2) is 6.16. The van der Waals surface area contributed by atoms with Gasteiger partial charge in [0.1, 0.15) is 6.04 Å². The highest BCUT2D eigenvalue weighted by Crippen LogP contribution is 2.15. The molecular weight excluding hydrogens is 234 g/mol. The lowest BCUT2D eigenvalue weighted by Crippen LogP contribution is -2.35. The number of carbonyl (C=O) groups is 2. The van der Waals surface area contributed by atoms with Crippen molar-refractivity contribution in [1.82, 2.24) is 0 Å². The van der Waals surface area contributed by atoms with Crippen LogP contribution in [-0.2, 0) is 16.0 Å². The Labute approximate surface area is 105 Å². The maximum Gasteiger partial charge on any atom is 0.320 e. The first kappa shape index (κ1) is 14.2. The van der Waals surface area contributed by atoms with Gasteiger partial charge in [-0.2, -0.15) is 0 Å². The monoisotopic (exact) mass is 251 g/mol. The predicted molar refractivity (Wildman–Crippen MR) is 66.2 cm³/mol. The molecule has 2 atom stereocenters. The molecule has 1 rings (SSSR count). The van der Waals surface area contributed by atoms with Gasteiger partial charge in [-0.3, -0.25) is 9.59 Å². The van der Waals surface area contributed by atoms with Crippen molar-refractivity contribution < 1.29 is 19.8 Å². The van der Waals surface area contributed by atoms with E-state index in [1.165, 1.54) is 0 Å². The highest BCUT2D eigenvalue weighted by atomic mass is 16.4. The van der Waals surface area contributed by atoms with Crippen LogP contribution in [0.15, 0.2) is 24.3 Å². The molecule has 0 radical (unpaired) electrons. The third-order valence-electron chi connectivity index (χ3n) is 2.81. The fourth-order valence-electron chi connectivity index (χ4n) is 1.69. The van der Waals surface area contributed by atoms with Crippen LogP contribution in [0.3, 0.4) is 0 Å². The Morgan fingerprint density at radius 3 is 2.17 bits per heavy atom. The van der Waals surface area contributed by atoms with Gasteiger partial charge in [0.05, 0.1) is 5.92 Å². The van der Waals surface area contributed by atoms with Gasteiger partial charge in [-0.25, -0.2) is 0 Å². The van der Waals surface area contributed by atoms with Crippen molar-refractivity contribution in [3.05, 3.63) is 35.4 Å². The molecule has 1 unspecified atom stereocenters. The minimum absolute atomic E-state index is 0.0709. The Bertz CT molecular complexity index is 427. The van der Waals surface area contributed by atoms with Crippen molar-refractivity contribution in [3.63, 3.8) is 0 Å². The lowest BCUT2D eigenvalue weighted by Gasteiger charge is -2.15. The summed E-state index contributed by atoms with van der Waals surface area (Å²) in [6.07, 6.45) is 0.217. The van der Waals surface area contributed by atoms with Gasteiger partial charge in [0.15, 0.2) is 0 Å². The smallest absolute Gasteiger partial charge is 0.320 e. The highest BCUT2D eigenvalue weighted by molar-refractivity contribution is 5.76. The Balaban J connectivity index is 2.71. The van der Waals surface area contributed by atoms with Gasteiger partial charge in [-0.15, -0.1) is 0 Å². The highest BCUT2D eigenvalue weighted by Gasteiger charge is 2.24. The molecule has 0 saturated heterocycles. The maximum atomic E-state index is 11.1. The van der Waals surface area contributed by atoms with E-state index < -0.39 is 23.9 Å². The van der Waals surface area contributed by atoms with E-state index in [0.29, 0.717) is 0 Å². The summed E-state index contributed by atoms with van der Waals surface area (Å²) in [5.74, 6) is -2.98. The first-order valence-corrected chi connectivity index (χ1v) is 5.67. The quantitative estimate of drug-likeness (QED) is 0.701. The summed E-state index contributed by atoms with van der Waals surface area (Å²) >= 11 is 0. The molecule has 0 aromatic heterocycles. The van der Waals surface area contributed by atoms with Gasteiger partial charge in [-0.1, -0.05) is 29.8 Å². The van der Waals surface area contributed by atoms with Gasteiger partial charge in [0, 0.05) is 0 Å². The number of carboxylic acid groups (broad SMARTS) is 2. The van der Waals surface area contributed by atoms with Crippen molar-refractivity contribution in [2.75, 3.05) is 0 Å². The molecule has 4 N–H and O–H groups in total. The fraction of sp³-hybridized carbons (Fsp3) is 0.385. The topological polar surface area (TPSA) is 101 Å². The SMILES string of the molecule is Cc1ccc(C[C@@H](CC(N)C(=O)O)C(=O)O)cc1. The van der Waals surface area contributed by atoms with Crippen molar-refractivity contribution in [2.24, 2.45) is 11.7 Å². The van der Waals surface area contributed by atoms with E-state index in [9.17, 15) is 9.59 Å². The first-order chi connectivity index (χ1) is 8.40. The van der Waals surface area contributed by atoms with Gasteiger partial charge < -0.3 is 15.9 Å². The first-order valence-electron chi connectivity index (χ1n) is 5.67. The summed E-state index contributed by atoms with van der Waals surface area (Å²) in [4.78, 5) is 21.7. The van der Waals surface area contributed by atoms with Crippen LogP contribution in [0.5, 0.6) is 0 Å². The number of aryl methyl sites for hydroxylation is 1. The molecular formula is C13H17NO4. The average molecular weight is 251 g/mol. The van der Waals surface area contributed by atoms with E-state index in [1.54, 1.807) is 0 Å². The van der Waals surface area contributed by atoms with Crippen LogP contribution in [0.25, 0.3) is 0 Å². The van der Waals surface area contributed by atoms with E-state index in [1.807, 2.05) is 31.2 Å². The molecule has 0 bridgehead atoms. The number of rotatable bonds is 6. The van der Waals surface area contributed by atoms with Gasteiger partial charge in [-0.05, 0) is 25.3 Å². The zero-order valence-corrected chi connectivity index (χ0v) is 10.2. The zero-order chi connectivity index (χ0) is 13.7. The lowest BCUT2D eigenvalue weighted by atomic mass is 9.93. The standard InChI is InChI=1S/C13H17NO4/c1-8-2-4-9(5-3-8)6-10(12(15)16)7-11(14)13(17)18/h2-5,10-11H,6-7,14H2,1H3,(H,15,16)(H,17,18)/t10-,11?/m0/s1. The minimum Gasteiger partial charge on any atom is -0.481 e. The molecule has 0 amide bonds. The fourth-order valence-corrected chi connectivity index (χ4v) is 1.69. The van der Waals surface area contributed by atoms with Crippen LogP contribution in [0, 0.1) is 12.8 Å². The second-order valence-corrected chi connectivity index (χ2v) is 4.41. The Kier molecular flexibility index (Phi) is 4.85. The summed E-state index contributed by atoms with van der Waals surface area (Å²) < 4.78 is 0. The van der Waals surface area contributed by atoms with Crippen molar-refractivity contribution in [2.45, 2.75) is 25.8 Å². The molecule has 0 aliphatic carbocycles. The van der Waals surface area contributed by atoms with E-state index in [-0.39, 0.29) is 12.8 Å². The summed E-state index contributed by atoms with van der Waals surface area (Å²) in [6, 6.07) is 6.34. The van der Waals surface area contributed by atoms with Crippen LogP contribution in [0.2, 0.25) is 0 Å². The molecule has 0 spiro atoms. The molecule has 5 heteroatoms. The predicted octanol–water partition coefficient (Wildman–Crippen LogP) is 1.04. The summed E-state index contributed by atoms with van der Waals surface area (Å²) in [6.45, 7) is 1.94. The molecule has 0 heterocycles. The molecule has 0 fully saturated rings. The normalized spacial score (nSPS) is 13.9. The Morgan fingerprint density at radius 2 is 1.72 bits per heavy atom. The van der Waals surface area contributed by atoms with Crippen molar-refractivity contribution in [1.29, 1.82) is 0 Å². The third kappa shape index (κ3) is 4.18. The van der Waals surface area contributed by atoms with E-state index in [2.05, 4.69) is 0 Å². The number of hydrogen-bond donors (Lipinski definition) is 3. The average Bonchev–Trinajstić information content (AvgIpc) is 2.30. The molecule has 18 heavy (non-hydrogen) atoms. The van der Waals surface area contributed by atoms with Crippen LogP contribution in [0.4, 0.5) is 0 Å². The number of nitrogens with two attached hydrogens (primary N) is 1. The van der Waals surface area contributed by atoms with Crippen molar-refractivity contribution >= 4 is 11.9 Å². The maximum absolute atomic E-state index is 11.1. The van der Waals surface area contributed by atoms with E-state index >= 15 is 0 Å². The Hall–Kier alpha value is -1.88. The van der Waals surface area contributed by atoms with Gasteiger partial charge in [0.25, 0.3) is 0 Å². The van der Waals surface area contributed by atoms with E-state index in [4.69, 9.17) is 15.9 Å². The van der Waals surface area contributed by atoms with Gasteiger partial charge >= 0.3 is 11.9 Å². The van der Waals surface area contributed by atoms with Gasteiger partial charge in [0.2, 0.25) is 0 Å². The number of benzene rings is 1.